The van der Waals surface area contributed by atoms with Crippen LogP contribution in [-0.4, -0.2) is 28.1 Å². The summed E-state index contributed by atoms with van der Waals surface area (Å²) < 4.78 is 2.21. The summed E-state index contributed by atoms with van der Waals surface area (Å²) in [6.45, 7) is 2.04. The molecule has 0 unspecified atom stereocenters. The molecule has 0 spiro atoms. The van der Waals surface area contributed by atoms with Gasteiger partial charge in [-0.2, -0.15) is 0 Å². The van der Waals surface area contributed by atoms with Crippen LogP contribution in [0.25, 0.3) is 0 Å². The molecular weight excluding hydrogens is 212 g/mol. The first-order valence-electron chi connectivity index (χ1n) is 5.93. The van der Waals surface area contributed by atoms with Crippen molar-refractivity contribution in [2.75, 3.05) is 13.6 Å². The van der Waals surface area contributed by atoms with E-state index in [-0.39, 0.29) is 0 Å². The van der Waals surface area contributed by atoms with Gasteiger partial charge in [-0.1, -0.05) is 6.07 Å². The van der Waals surface area contributed by atoms with Crippen molar-refractivity contribution in [1.82, 2.24) is 19.9 Å². The molecule has 0 aliphatic heterocycles. The Balaban J connectivity index is 1.99. The highest BCUT2D eigenvalue weighted by Gasteiger charge is 2.03. The molecule has 0 fully saturated rings. The van der Waals surface area contributed by atoms with Crippen LogP contribution in [0.5, 0.6) is 0 Å². The van der Waals surface area contributed by atoms with Crippen LogP contribution < -0.4 is 5.32 Å². The van der Waals surface area contributed by atoms with E-state index in [9.17, 15) is 0 Å². The van der Waals surface area contributed by atoms with Gasteiger partial charge in [-0.05, 0) is 31.6 Å². The first kappa shape index (κ1) is 11.8. The number of nitrogens with one attached hydrogen (secondary N) is 1. The third-order valence-corrected chi connectivity index (χ3v) is 2.71. The molecule has 0 bridgehead atoms. The van der Waals surface area contributed by atoms with Crippen molar-refractivity contribution < 1.29 is 0 Å². The summed E-state index contributed by atoms with van der Waals surface area (Å²) >= 11 is 0. The first-order valence-corrected chi connectivity index (χ1v) is 5.93. The maximum Gasteiger partial charge on any atom is 0.113 e. The van der Waals surface area contributed by atoms with Gasteiger partial charge in [0.1, 0.15) is 5.82 Å². The molecule has 2 rings (SSSR count). The van der Waals surface area contributed by atoms with E-state index in [1.54, 1.807) is 6.20 Å². The van der Waals surface area contributed by atoms with Gasteiger partial charge in [-0.15, -0.1) is 0 Å². The Bertz CT molecular complexity index is 436. The van der Waals surface area contributed by atoms with Crippen LogP contribution in [0.3, 0.4) is 0 Å². The second-order valence-corrected chi connectivity index (χ2v) is 4.03. The van der Waals surface area contributed by atoms with Crippen molar-refractivity contribution in [2.45, 2.75) is 19.4 Å². The summed E-state index contributed by atoms with van der Waals surface area (Å²) in [5.41, 5.74) is 1.20. The summed E-state index contributed by atoms with van der Waals surface area (Å²) in [7, 11) is 1.98. The second kappa shape index (κ2) is 6.15. The topological polar surface area (TPSA) is 42.7 Å². The van der Waals surface area contributed by atoms with E-state index >= 15 is 0 Å². The normalized spacial score (nSPS) is 10.6. The van der Waals surface area contributed by atoms with Crippen molar-refractivity contribution in [3.8, 4) is 0 Å². The molecule has 4 heteroatoms. The van der Waals surface area contributed by atoms with Crippen molar-refractivity contribution in [2.24, 2.45) is 0 Å². The van der Waals surface area contributed by atoms with Gasteiger partial charge in [0.2, 0.25) is 0 Å². The summed E-state index contributed by atoms with van der Waals surface area (Å²) in [6.07, 6.45) is 9.56. The Morgan fingerprint density at radius 3 is 3.06 bits per heavy atom. The zero-order valence-electron chi connectivity index (χ0n) is 10.1. The van der Waals surface area contributed by atoms with Gasteiger partial charge in [0.25, 0.3) is 0 Å². The molecule has 2 aromatic heterocycles. The lowest BCUT2D eigenvalue weighted by Crippen LogP contribution is -2.12. The van der Waals surface area contributed by atoms with E-state index in [0.717, 1.165) is 31.8 Å². The smallest absolute Gasteiger partial charge is 0.113 e. The Labute approximate surface area is 102 Å². The van der Waals surface area contributed by atoms with E-state index in [1.807, 2.05) is 31.7 Å². The number of rotatable bonds is 6. The van der Waals surface area contributed by atoms with Crippen LogP contribution in [-0.2, 0) is 13.0 Å². The first-order chi connectivity index (χ1) is 8.40. The van der Waals surface area contributed by atoms with Crippen LogP contribution in [0.15, 0.2) is 36.9 Å². The maximum absolute atomic E-state index is 4.40. The van der Waals surface area contributed by atoms with Gasteiger partial charge >= 0.3 is 0 Å². The fraction of sp³-hybridized carbons (Fsp3) is 0.385. The molecule has 4 nitrogen and oxygen atoms in total. The lowest BCUT2D eigenvalue weighted by atomic mass is 10.2. The zero-order chi connectivity index (χ0) is 11.9. The third kappa shape index (κ3) is 3.39. The number of hydrogen-bond donors (Lipinski definition) is 1. The lowest BCUT2D eigenvalue weighted by molar-refractivity contribution is 0.594. The molecule has 90 valence electrons. The molecule has 0 amide bonds. The van der Waals surface area contributed by atoms with Gasteiger partial charge < -0.3 is 9.88 Å². The standard InChI is InChI=1S/C13H18N4/c1-14-5-3-8-17-9-7-16-13(17)10-12-4-2-6-15-11-12/h2,4,6-7,9,11,14H,3,5,8,10H2,1H3. The molecule has 0 aliphatic carbocycles. The predicted octanol–water partition coefficient (Wildman–Crippen LogP) is 1.48. The molecule has 1 N–H and O–H groups in total. The van der Waals surface area contributed by atoms with Crippen LogP contribution in [0.4, 0.5) is 0 Å². The highest BCUT2D eigenvalue weighted by Crippen LogP contribution is 2.07. The summed E-state index contributed by atoms with van der Waals surface area (Å²) in [4.78, 5) is 8.53. The van der Waals surface area contributed by atoms with Crippen LogP contribution in [0.2, 0.25) is 0 Å². The lowest BCUT2D eigenvalue weighted by Gasteiger charge is -2.07. The van der Waals surface area contributed by atoms with Gasteiger partial charge in [0.15, 0.2) is 0 Å². The number of pyridine rings is 1. The predicted molar refractivity (Wildman–Crippen MR) is 67.8 cm³/mol. The number of aromatic nitrogens is 3. The van der Waals surface area contributed by atoms with Crippen molar-refractivity contribution >= 4 is 0 Å². The highest BCUT2D eigenvalue weighted by atomic mass is 15.1. The van der Waals surface area contributed by atoms with Gasteiger partial charge in [0, 0.05) is 37.8 Å². The summed E-state index contributed by atoms with van der Waals surface area (Å²) in [5.74, 6) is 1.11. The monoisotopic (exact) mass is 230 g/mol. The maximum atomic E-state index is 4.40. The van der Waals surface area contributed by atoms with E-state index in [0.29, 0.717) is 0 Å². The molecular formula is C13H18N4. The fourth-order valence-electron chi connectivity index (χ4n) is 1.82. The van der Waals surface area contributed by atoms with E-state index in [2.05, 4.69) is 25.9 Å². The van der Waals surface area contributed by atoms with Crippen LogP contribution in [0.1, 0.15) is 17.8 Å². The van der Waals surface area contributed by atoms with E-state index < -0.39 is 0 Å². The molecule has 0 aliphatic rings. The quantitative estimate of drug-likeness (QED) is 0.764. The number of nitrogens with zero attached hydrogens (tertiary/aromatic N) is 3. The fourth-order valence-corrected chi connectivity index (χ4v) is 1.82. The van der Waals surface area contributed by atoms with Crippen LogP contribution >= 0.6 is 0 Å². The molecule has 2 aromatic rings. The number of aryl methyl sites for hydroxylation is 1. The van der Waals surface area contributed by atoms with Gasteiger partial charge in [-0.3, -0.25) is 4.98 Å². The summed E-state index contributed by atoms with van der Waals surface area (Å²) in [6, 6.07) is 4.04. The molecule has 17 heavy (non-hydrogen) atoms. The van der Waals surface area contributed by atoms with E-state index in [1.165, 1.54) is 5.56 Å². The number of hydrogen-bond acceptors (Lipinski definition) is 3. The Morgan fingerprint density at radius 2 is 2.29 bits per heavy atom. The minimum Gasteiger partial charge on any atom is -0.335 e. The minimum atomic E-state index is 0.848. The molecule has 0 saturated carbocycles. The second-order valence-electron chi connectivity index (χ2n) is 4.03. The SMILES string of the molecule is CNCCCn1ccnc1Cc1cccnc1. The van der Waals surface area contributed by atoms with Crippen molar-refractivity contribution in [3.05, 3.63) is 48.3 Å². The largest absolute Gasteiger partial charge is 0.335 e. The summed E-state index contributed by atoms with van der Waals surface area (Å²) in [5, 5.41) is 3.16. The Kier molecular flexibility index (Phi) is 4.27. The van der Waals surface area contributed by atoms with Gasteiger partial charge in [-0.25, -0.2) is 4.98 Å². The van der Waals surface area contributed by atoms with E-state index in [4.69, 9.17) is 0 Å². The Hall–Kier alpha value is -1.68. The highest BCUT2D eigenvalue weighted by molar-refractivity contribution is 5.14. The molecule has 0 saturated heterocycles. The third-order valence-electron chi connectivity index (χ3n) is 2.71. The van der Waals surface area contributed by atoms with Gasteiger partial charge in [0.05, 0.1) is 0 Å². The molecule has 0 aromatic carbocycles. The molecule has 0 radical (unpaired) electrons. The number of imidazole rings is 1. The average Bonchev–Trinajstić information content (AvgIpc) is 2.79. The van der Waals surface area contributed by atoms with Crippen molar-refractivity contribution in [3.63, 3.8) is 0 Å². The zero-order valence-corrected chi connectivity index (χ0v) is 10.1. The Morgan fingerprint density at radius 1 is 1.35 bits per heavy atom. The van der Waals surface area contributed by atoms with Crippen LogP contribution in [0, 0.1) is 0 Å². The molecule has 2 heterocycles. The average molecular weight is 230 g/mol. The molecule has 0 atom stereocenters. The van der Waals surface area contributed by atoms with Crippen molar-refractivity contribution in [1.29, 1.82) is 0 Å². The minimum absolute atomic E-state index is 0.848.